The second kappa shape index (κ2) is 4.86. The van der Waals surface area contributed by atoms with Gasteiger partial charge in [0.25, 0.3) is 0 Å². The lowest BCUT2D eigenvalue weighted by atomic mass is 9.83. The standard InChI is InChI=1S/C15H19NO/c1-15(10-16,11-17)9-13-7-4-6-12-5-2-3-8-14(12)13/h2-8,17H,9-11,16H2,1H3. The summed E-state index contributed by atoms with van der Waals surface area (Å²) in [5, 5.41) is 11.9. The molecule has 2 aromatic carbocycles. The highest BCUT2D eigenvalue weighted by Gasteiger charge is 2.22. The molecule has 1 unspecified atom stereocenters. The van der Waals surface area contributed by atoms with Crippen molar-refractivity contribution in [2.45, 2.75) is 13.3 Å². The summed E-state index contributed by atoms with van der Waals surface area (Å²) in [4.78, 5) is 0. The van der Waals surface area contributed by atoms with Crippen LogP contribution in [0.4, 0.5) is 0 Å². The van der Waals surface area contributed by atoms with E-state index in [0.717, 1.165) is 6.42 Å². The highest BCUT2D eigenvalue weighted by Crippen LogP contribution is 2.26. The van der Waals surface area contributed by atoms with Gasteiger partial charge in [0, 0.05) is 18.6 Å². The third-order valence-electron chi connectivity index (χ3n) is 3.37. The van der Waals surface area contributed by atoms with Gasteiger partial charge in [0.05, 0.1) is 0 Å². The molecule has 0 aliphatic rings. The van der Waals surface area contributed by atoms with Crippen molar-refractivity contribution in [1.82, 2.24) is 0 Å². The molecule has 3 N–H and O–H groups in total. The molecule has 2 heteroatoms. The molecule has 90 valence electrons. The predicted molar refractivity (Wildman–Crippen MR) is 71.9 cm³/mol. The molecule has 17 heavy (non-hydrogen) atoms. The molecule has 0 radical (unpaired) electrons. The first-order valence-corrected chi connectivity index (χ1v) is 5.96. The van der Waals surface area contributed by atoms with Crippen LogP contribution in [0.2, 0.25) is 0 Å². The van der Waals surface area contributed by atoms with Gasteiger partial charge < -0.3 is 10.8 Å². The van der Waals surface area contributed by atoms with Crippen molar-refractivity contribution in [3.05, 3.63) is 48.0 Å². The number of hydrogen-bond donors (Lipinski definition) is 2. The van der Waals surface area contributed by atoms with E-state index in [9.17, 15) is 5.11 Å². The van der Waals surface area contributed by atoms with E-state index in [4.69, 9.17) is 5.73 Å². The third-order valence-corrected chi connectivity index (χ3v) is 3.37. The highest BCUT2D eigenvalue weighted by atomic mass is 16.3. The van der Waals surface area contributed by atoms with Crippen LogP contribution < -0.4 is 5.73 Å². The van der Waals surface area contributed by atoms with Crippen molar-refractivity contribution in [3.8, 4) is 0 Å². The third kappa shape index (κ3) is 2.48. The van der Waals surface area contributed by atoms with Crippen LogP contribution in [0.25, 0.3) is 10.8 Å². The summed E-state index contributed by atoms with van der Waals surface area (Å²) >= 11 is 0. The predicted octanol–water partition coefficient (Wildman–Crippen LogP) is 2.34. The highest BCUT2D eigenvalue weighted by molar-refractivity contribution is 5.85. The van der Waals surface area contributed by atoms with Crippen LogP contribution in [0, 0.1) is 5.41 Å². The average Bonchev–Trinajstić information content (AvgIpc) is 2.39. The topological polar surface area (TPSA) is 46.2 Å². The number of benzene rings is 2. The van der Waals surface area contributed by atoms with Gasteiger partial charge in [0.15, 0.2) is 0 Å². The molecule has 2 rings (SSSR count). The molecule has 0 amide bonds. The second-order valence-electron chi connectivity index (χ2n) is 4.99. The maximum absolute atomic E-state index is 9.44. The quantitative estimate of drug-likeness (QED) is 0.845. The number of fused-ring (bicyclic) bond motifs is 1. The van der Waals surface area contributed by atoms with E-state index in [1.165, 1.54) is 16.3 Å². The van der Waals surface area contributed by atoms with Gasteiger partial charge in [-0.1, -0.05) is 49.4 Å². The normalized spacial score (nSPS) is 14.8. The van der Waals surface area contributed by atoms with Gasteiger partial charge in [-0.05, 0) is 22.8 Å². The molecule has 0 aliphatic heterocycles. The summed E-state index contributed by atoms with van der Waals surface area (Å²) in [6, 6.07) is 14.6. The van der Waals surface area contributed by atoms with Gasteiger partial charge in [-0.25, -0.2) is 0 Å². The molecule has 1 atom stereocenters. The van der Waals surface area contributed by atoms with E-state index in [-0.39, 0.29) is 12.0 Å². The van der Waals surface area contributed by atoms with Crippen molar-refractivity contribution in [2.24, 2.45) is 11.1 Å². The van der Waals surface area contributed by atoms with Crippen molar-refractivity contribution >= 4 is 10.8 Å². The van der Waals surface area contributed by atoms with E-state index in [2.05, 4.69) is 30.3 Å². The largest absolute Gasteiger partial charge is 0.396 e. The zero-order chi connectivity index (χ0) is 12.3. The maximum atomic E-state index is 9.44. The summed E-state index contributed by atoms with van der Waals surface area (Å²) in [7, 11) is 0. The first kappa shape index (κ1) is 12.1. The number of nitrogens with two attached hydrogens (primary N) is 1. The first-order valence-electron chi connectivity index (χ1n) is 5.96. The van der Waals surface area contributed by atoms with Crippen LogP contribution in [-0.2, 0) is 6.42 Å². The Hall–Kier alpha value is -1.38. The Labute approximate surface area is 102 Å². The number of aliphatic hydroxyl groups excluding tert-OH is 1. The van der Waals surface area contributed by atoms with E-state index in [1.54, 1.807) is 0 Å². The molecular weight excluding hydrogens is 210 g/mol. The first-order chi connectivity index (χ1) is 8.18. The maximum Gasteiger partial charge on any atom is 0.0500 e. The lowest BCUT2D eigenvalue weighted by Crippen LogP contribution is -2.33. The molecule has 0 saturated carbocycles. The zero-order valence-electron chi connectivity index (χ0n) is 10.2. The second-order valence-corrected chi connectivity index (χ2v) is 4.99. The Morgan fingerprint density at radius 2 is 1.82 bits per heavy atom. The Bertz CT molecular complexity index is 498. The van der Waals surface area contributed by atoms with Crippen LogP contribution in [0.15, 0.2) is 42.5 Å². The van der Waals surface area contributed by atoms with Crippen LogP contribution in [-0.4, -0.2) is 18.3 Å². The summed E-state index contributed by atoms with van der Waals surface area (Å²) in [6.45, 7) is 2.63. The summed E-state index contributed by atoms with van der Waals surface area (Å²) in [5.41, 5.74) is 6.77. The van der Waals surface area contributed by atoms with Crippen molar-refractivity contribution in [1.29, 1.82) is 0 Å². The van der Waals surface area contributed by atoms with Gasteiger partial charge in [0.1, 0.15) is 0 Å². The minimum absolute atomic E-state index is 0.118. The van der Waals surface area contributed by atoms with Crippen LogP contribution in [0.5, 0.6) is 0 Å². The molecule has 0 heterocycles. The molecule has 0 fully saturated rings. The van der Waals surface area contributed by atoms with Gasteiger partial charge >= 0.3 is 0 Å². The van der Waals surface area contributed by atoms with Crippen molar-refractivity contribution in [3.63, 3.8) is 0 Å². The van der Waals surface area contributed by atoms with E-state index < -0.39 is 0 Å². The molecule has 2 aromatic rings. The Kier molecular flexibility index (Phi) is 3.46. The molecule has 0 aliphatic carbocycles. The fraction of sp³-hybridized carbons (Fsp3) is 0.333. The molecule has 0 bridgehead atoms. The minimum Gasteiger partial charge on any atom is -0.396 e. The molecule has 0 spiro atoms. The molecular formula is C15H19NO. The average molecular weight is 229 g/mol. The summed E-state index contributed by atoms with van der Waals surface area (Å²) < 4.78 is 0. The minimum atomic E-state index is -0.232. The summed E-state index contributed by atoms with van der Waals surface area (Å²) in [5.74, 6) is 0. The van der Waals surface area contributed by atoms with E-state index >= 15 is 0 Å². The zero-order valence-corrected chi connectivity index (χ0v) is 10.2. The van der Waals surface area contributed by atoms with Crippen LogP contribution in [0.3, 0.4) is 0 Å². The molecule has 0 aromatic heterocycles. The van der Waals surface area contributed by atoms with Crippen molar-refractivity contribution in [2.75, 3.05) is 13.2 Å². The Balaban J connectivity index is 2.42. The van der Waals surface area contributed by atoms with Gasteiger partial charge in [-0.3, -0.25) is 0 Å². The van der Waals surface area contributed by atoms with Gasteiger partial charge in [0.2, 0.25) is 0 Å². The molecule has 0 saturated heterocycles. The lowest BCUT2D eigenvalue weighted by molar-refractivity contribution is 0.149. The number of rotatable bonds is 4. The Morgan fingerprint density at radius 3 is 2.53 bits per heavy atom. The fourth-order valence-corrected chi connectivity index (χ4v) is 2.10. The number of aliphatic hydroxyl groups is 1. The molecule has 2 nitrogen and oxygen atoms in total. The van der Waals surface area contributed by atoms with Gasteiger partial charge in [-0.2, -0.15) is 0 Å². The van der Waals surface area contributed by atoms with E-state index in [0.29, 0.717) is 6.54 Å². The van der Waals surface area contributed by atoms with Crippen LogP contribution in [0.1, 0.15) is 12.5 Å². The number of hydrogen-bond acceptors (Lipinski definition) is 2. The van der Waals surface area contributed by atoms with Gasteiger partial charge in [-0.15, -0.1) is 0 Å². The fourth-order valence-electron chi connectivity index (χ4n) is 2.10. The lowest BCUT2D eigenvalue weighted by Gasteiger charge is -2.26. The monoisotopic (exact) mass is 229 g/mol. The van der Waals surface area contributed by atoms with Crippen LogP contribution >= 0.6 is 0 Å². The van der Waals surface area contributed by atoms with Crippen molar-refractivity contribution < 1.29 is 5.11 Å². The SMILES string of the molecule is CC(CN)(CO)Cc1cccc2ccccc12. The van der Waals surface area contributed by atoms with E-state index in [1.807, 2.05) is 19.1 Å². The Morgan fingerprint density at radius 1 is 1.12 bits per heavy atom. The smallest absolute Gasteiger partial charge is 0.0500 e. The summed E-state index contributed by atoms with van der Waals surface area (Å²) in [6.07, 6.45) is 0.807.